The van der Waals surface area contributed by atoms with E-state index in [4.69, 9.17) is 0 Å². The molecule has 2 aromatic carbocycles. The third-order valence-corrected chi connectivity index (χ3v) is 6.57. The molecule has 0 saturated carbocycles. The van der Waals surface area contributed by atoms with E-state index in [1.165, 1.54) is 4.31 Å². The number of nitrogens with zero attached hydrogens (tertiary/aromatic N) is 2. The summed E-state index contributed by atoms with van der Waals surface area (Å²) < 4.78 is 27.3. The van der Waals surface area contributed by atoms with Crippen LogP contribution in [0.15, 0.2) is 47.4 Å². The summed E-state index contributed by atoms with van der Waals surface area (Å²) in [6.45, 7) is 0.295. The first-order valence-corrected chi connectivity index (χ1v) is 10.4. The van der Waals surface area contributed by atoms with Crippen molar-refractivity contribution in [2.24, 2.45) is 0 Å². The molecular weight excluding hydrogens is 362 g/mol. The van der Waals surface area contributed by atoms with Crippen molar-refractivity contribution in [3.05, 3.63) is 53.6 Å². The fourth-order valence-electron chi connectivity index (χ4n) is 3.13. The van der Waals surface area contributed by atoms with Crippen LogP contribution in [0.3, 0.4) is 0 Å². The molecule has 0 unspecified atom stereocenters. The number of anilines is 2. The van der Waals surface area contributed by atoms with Gasteiger partial charge in [-0.15, -0.1) is 0 Å². The number of hydrogen-bond donors (Lipinski definition) is 1. The largest absolute Gasteiger partial charge is 0.378 e. The van der Waals surface area contributed by atoms with Gasteiger partial charge >= 0.3 is 0 Å². The Kier molecular flexibility index (Phi) is 5.53. The van der Waals surface area contributed by atoms with Crippen molar-refractivity contribution < 1.29 is 13.2 Å². The summed E-state index contributed by atoms with van der Waals surface area (Å²) in [5, 5.41) is 2.83. The minimum atomic E-state index is -3.61. The summed E-state index contributed by atoms with van der Waals surface area (Å²) in [5.41, 5.74) is 3.56. The number of carbonyl (C=O) groups excluding carboxylic acids is 1. The van der Waals surface area contributed by atoms with Gasteiger partial charge < -0.3 is 10.2 Å². The van der Waals surface area contributed by atoms with Crippen molar-refractivity contribution in [2.75, 3.05) is 31.4 Å². The second kappa shape index (κ2) is 7.70. The van der Waals surface area contributed by atoms with Crippen LogP contribution in [0.25, 0.3) is 0 Å². The lowest BCUT2D eigenvalue weighted by molar-refractivity contribution is -0.116. The molecule has 144 valence electrons. The molecule has 1 aliphatic heterocycles. The summed E-state index contributed by atoms with van der Waals surface area (Å²) in [4.78, 5) is 13.9. The second-order valence-electron chi connectivity index (χ2n) is 7.04. The van der Waals surface area contributed by atoms with Crippen molar-refractivity contribution in [1.82, 2.24) is 4.31 Å². The van der Waals surface area contributed by atoms with E-state index in [2.05, 4.69) is 5.32 Å². The lowest BCUT2D eigenvalue weighted by Crippen LogP contribution is -2.26. The van der Waals surface area contributed by atoms with E-state index in [0.717, 1.165) is 23.2 Å². The second-order valence-corrected chi connectivity index (χ2v) is 9.09. The summed E-state index contributed by atoms with van der Waals surface area (Å²) in [6, 6.07) is 12.8. The smallest absolute Gasteiger partial charge is 0.243 e. The van der Waals surface area contributed by atoms with Gasteiger partial charge in [-0.25, -0.2) is 8.42 Å². The van der Waals surface area contributed by atoms with Crippen LogP contribution >= 0.6 is 0 Å². The highest BCUT2D eigenvalue weighted by atomic mass is 32.2. The molecule has 0 spiro atoms. The maximum atomic E-state index is 13.0. The minimum Gasteiger partial charge on any atom is -0.378 e. The van der Waals surface area contributed by atoms with Crippen LogP contribution in [0.5, 0.6) is 0 Å². The number of nitrogens with one attached hydrogen (secondary N) is 1. The average Bonchev–Trinajstić information content (AvgIpc) is 2.81. The number of hydrogen-bond acceptors (Lipinski definition) is 4. The number of amides is 1. The van der Waals surface area contributed by atoms with E-state index in [1.54, 1.807) is 25.2 Å². The molecule has 1 heterocycles. The topological polar surface area (TPSA) is 69.7 Å². The monoisotopic (exact) mass is 387 g/mol. The number of sulfonamides is 1. The van der Waals surface area contributed by atoms with E-state index >= 15 is 0 Å². The first kappa shape index (κ1) is 19.4. The van der Waals surface area contributed by atoms with Crippen LogP contribution in [0.4, 0.5) is 11.4 Å². The van der Waals surface area contributed by atoms with Gasteiger partial charge in [-0.3, -0.25) is 4.79 Å². The van der Waals surface area contributed by atoms with E-state index in [1.807, 2.05) is 43.3 Å². The van der Waals surface area contributed by atoms with Crippen molar-refractivity contribution in [3.8, 4) is 0 Å². The molecule has 2 aromatic rings. The van der Waals surface area contributed by atoms with Crippen LogP contribution in [-0.2, 0) is 27.8 Å². The molecule has 0 saturated heterocycles. The van der Waals surface area contributed by atoms with Gasteiger partial charge in [0.15, 0.2) is 0 Å². The Morgan fingerprint density at radius 2 is 1.70 bits per heavy atom. The van der Waals surface area contributed by atoms with Crippen molar-refractivity contribution in [1.29, 1.82) is 0 Å². The number of fused-ring (bicyclic) bond motifs is 1. The summed E-state index contributed by atoms with van der Waals surface area (Å²) >= 11 is 0. The van der Waals surface area contributed by atoms with Gasteiger partial charge in [0.1, 0.15) is 0 Å². The third kappa shape index (κ3) is 4.31. The molecule has 1 amide bonds. The van der Waals surface area contributed by atoms with Crippen molar-refractivity contribution in [3.63, 3.8) is 0 Å². The fraction of sp³-hybridized carbons (Fsp3) is 0.350. The van der Waals surface area contributed by atoms with Crippen LogP contribution < -0.4 is 10.2 Å². The zero-order valence-corrected chi connectivity index (χ0v) is 16.7. The molecule has 0 aliphatic carbocycles. The molecule has 0 atom stereocenters. The first-order valence-electron chi connectivity index (χ1n) is 8.93. The van der Waals surface area contributed by atoms with E-state index < -0.39 is 10.0 Å². The summed E-state index contributed by atoms with van der Waals surface area (Å²) in [6.07, 6.45) is 1.86. The Balaban J connectivity index is 1.81. The van der Waals surface area contributed by atoms with Gasteiger partial charge in [0.05, 0.1) is 4.90 Å². The molecule has 27 heavy (non-hydrogen) atoms. The highest BCUT2D eigenvalue weighted by Crippen LogP contribution is 2.27. The Labute approximate surface area is 160 Å². The molecule has 0 radical (unpaired) electrons. The van der Waals surface area contributed by atoms with Gasteiger partial charge in [0, 0.05) is 45.5 Å². The number of carbonyl (C=O) groups is 1. The van der Waals surface area contributed by atoms with E-state index in [9.17, 15) is 13.2 Å². The lowest BCUT2D eigenvalue weighted by Gasteiger charge is -2.19. The highest BCUT2D eigenvalue weighted by Gasteiger charge is 2.23. The van der Waals surface area contributed by atoms with Crippen LogP contribution in [0.1, 0.15) is 24.0 Å². The molecular formula is C20H25N3O3S. The molecule has 7 heteroatoms. The number of rotatable bonds is 5. The Morgan fingerprint density at radius 3 is 2.37 bits per heavy atom. The normalized spacial score (nSPS) is 14.4. The van der Waals surface area contributed by atoms with Crippen molar-refractivity contribution >= 4 is 27.3 Å². The quantitative estimate of drug-likeness (QED) is 0.857. The molecule has 1 N–H and O–H groups in total. The number of benzene rings is 2. The Morgan fingerprint density at radius 1 is 1.00 bits per heavy atom. The maximum Gasteiger partial charge on any atom is 0.243 e. The lowest BCUT2D eigenvalue weighted by atomic mass is 10.1. The van der Waals surface area contributed by atoms with E-state index in [-0.39, 0.29) is 10.8 Å². The van der Waals surface area contributed by atoms with Crippen LogP contribution in [-0.4, -0.2) is 39.8 Å². The Hall–Kier alpha value is -2.38. The zero-order chi connectivity index (χ0) is 19.6. The van der Waals surface area contributed by atoms with Gasteiger partial charge in [-0.1, -0.05) is 12.1 Å². The molecule has 6 nitrogen and oxygen atoms in total. The average molecular weight is 388 g/mol. The van der Waals surface area contributed by atoms with Gasteiger partial charge in [-0.05, 0) is 54.3 Å². The van der Waals surface area contributed by atoms with Gasteiger partial charge in [-0.2, -0.15) is 4.31 Å². The number of aryl methyl sites for hydroxylation is 1. The maximum absolute atomic E-state index is 13.0. The summed E-state index contributed by atoms with van der Waals surface area (Å²) in [7, 11) is 1.90. The van der Waals surface area contributed by atoms with Crippen LogP contribution in [0, 0.1) is 0 Å². The molecule has 0 aromatic heterocycles. The molecule has 1 aliphatic rings. The predicted molar refractivity (Wildman–Crippen MR) is 107 cm³/mol. The molecule has 0 bridgehead atoms. The third-order valence-electron chi connectivity index (χ3n) is 4.77. The SMILES string of the molecule is CN(C)c1ccc(CN(C)S(=O)(=O)c2ccc3c(c2)CCCC(=O)N3)cc1. The van der Waals surface area contributed by atoms with Gasteiger partial charge in [0.25, 0.3) is 0 Å². The Bertz CT molecular complexity index is 937. The van der Waals surface area contributed by atoms with Crippen LogP contribution in [0.2, 0.25) is 0 Å². The minimum absolute atomic E-state index is 0.0253. The highest BCUT2D eigenvalue weighted by molar-refractivity contribution is 7.89. The van der Waals surface area contributed by atoms with Gasteiger partial charge in [0.2, 0.25) is 15.9 Å². The first-order chi connectivity index (χ1) is 12.8. The summed E-state index contributed by atoms with van der Waals surface area (Å²) in [5.74, 6) is -0.0253. The fourth-order valence-corrected chi connectivity index (χ4v) is 4.34. The molecule has 3 rings (SSSR count). The molecule has 0 fully saturated rings. The predicted octanol–water partition coefficient (Wildman–Crippen LogP) is 2.85. The zero-order valence-electron chi connectivity index (χ0n) is 15.9. The van der Waals surface area contributed by atoms with E-state index in [0.29, 0.717) is 25.1 Å². The standard InChI is InChI=1S/C20H25N3O3S/c1-22(2)17-9-7-15(8-10-17)14-23(3)27(25,26)18-11-12-19-16(13-18)5-4-6-20(24)21-19/h7-13H,4-6,14H2,1-3H3,(H,21,24). The van der Waals surface area contributed by atoms with Crippen molar-refractivity contribution in [2.45, 2.75) is 30.7 Å².